The van der Waals surface area contributed by atoms with E-state index in [0.717, 1.165) is 12.2 Å². The van der Waals surface area contributed by atoms with Gasteiger partial charge in [-0.1, -0.05) is 47.7 Å². The summed E-state index contributed by atoms with van der Waals surface area (Å²) < 4.78 is 6.13. The van der Waals surface area contributed by atoms with Crippen molar-refractivity contribution in [3.05, 3.63) is 78.5 Å². The van der Waals surface area contributed by atoms with Crippen LogP contribution in [0.15, 0.2) is 72.9 Å². The Morgan fingerprint density at radius 3 is 2.68 bits per heavy atom. The highest BCUT2D eigenvalue weighted by Crippen LogP contribution is 2.39. The molecule has 0 fully saturated rings. The minimum Gasteiger partial charge on any atom is -0.248 e. The molecule has 0 saturated heterocycles. The predicted octanol–water partition coefficient (Wildman–Crippen LogP) is 4.56. The van der Waals surface area contributed by atoms with Crippen LogP contribution in [-0.2, 0) is 6.54 Å². The lowest BCUT2D eigenvalue weighted by Crippen LogP contribution is -2.30. The molecule has 0 unspecified atom stereocenters. The van der Waals surface area contributed by atoms with Crippen LogP contribution in [0.5, 0.6) is 0 Å². The van der Waals surface area contributed by atoms with Crippen molar-refractivity contribution in [3.63, 3.8) is 0 Å². The lowest BCUT2D eigenvalue weighted by molar-refractivity contribution is -0.643. The molecule has 0 aliphatic carbocycles. The van der Waals surface area contributed by atoms with Gasteiger partial charge in [0.15, 0.2) is 11.2 Å². The maximum atomic E-state index is 4.70. The van der Waals surface area contributed by atoms with Gasteiger partial charge in [-0.2, -0.15) is 4.57 Å². The van der Waals surface area contributed by atoms with Crippen LogP contribution in [0, 0.1) is 0 Å². The summed E-state index contributed by atoms with van der Waals surface area (Å²) >= 11 is 1.87. The first-order chi connectivity index (χ1) is 12.4. The summed E-state index contributed by atoms with van der Waals surface area (Å²) in [5.74, 6) is 1.19. The van der Waals surface area contributed by atoms with E-state index in [1.165, 1.54) is 37.5 Å². The molecule has 0 saturated carbocycles. The summed E-state index contributed by atoms with van der Waals surface area (Å²) in [6.07, 6.45) is 1.89. The van der Waals surface area contributed by atoms with Crippen LogP contribution in [0.25, 0.3) is 37.6 Å². The lowest BCUT2D eigenvalue weighted by atomic mass is 10.2. The highest BCUT2D eigenvalue weighted by atomic mass is 32.1. The molecular formula is C21H14N3S+. The minimum atomic E-state index is 0.891. The van der Waals surface area contributed by atoms with E-state index in [2.05, 4.69) is 69.8 Å². The molecule has 3 nitrogen and oxygen atoms in total. The van der Waals surface area contributed by atoms with Crippen LogP contribution < -0.4 is 4.57 Å². The van der Waals surface area contributed by atoms with Gasteiger partial charge in [0.25, 0.3) is 0 Å². The van der Waals surface area contributed by atoms with Crippen molar-refractivity contribution < 1.29 is 4.57 Å². The molecule has 3 aromatic heterocycles. The number of fused-ring (bicyclic) bond motifs is 7. The fourth-order valence-electron chi connectivity index (χ4n) is 3.89. The summed E-state index contributed by atoms with van der Waals surface area (Å²) in [5, 5.41) is 1.31. The Kier molecular flexibility index (Phi) is 2.54. The van der Waals surface area contributed by atoms with E-state index < -0.39 is 0 Å². The second-order valence-corrected chi connectivity index (χ2v) is 7.37. The smallest absolute Gasteiger partial charge is 0.248 e. The Bertz CT molecular complexity index is 1260. The second-order valence-electron chi connectivity index (χ2n) is 6.34. The molecule has 0 radical (unpaired) electrons. The monoisotopic (exact) mass is 340 g/mol. The molecule has 118 valence electrons. The van der Waals surface area contributed by atoms with Gasteiger partial charge >= 0.3 is 5.82 Å². The van der Waals surface area contributed by atoms with Crippen molar-refractivity contribution >= 4 is 31.8 Å². The van der Waals surface area contributed by atoms with Gasteiger partial charge < -0.3 is 0 Å². The first kappa shape index (κ1) is 13.3. The van der Waals surface area contributed by atoms with E-state index in [4.69, 9.17) is 4.98 Å². The van der Waals surface area contributed by atoms with Crippen LogP contribution in [-0.4, -0.2) is 9.55 Å². The van der Waals surface area contributed by atoms with E-state index in [9.17, 15) is 0 Å². The van der Waals surface area contributed by atoms with Crippen molar-refractivity contribution in [2.24, 2.45) is 0 Å². The fourth-order valence-corrected chi connectivity index (χ4v) is 5.08. The van der Waals surface area contributed by atoms with Crippen molar-refractivity contribution in [1.82, 2.24) is 9.55 Å². The van der Waals surface area contributed by atoms with Crippen LogP contribution in [0.4, 0.5) is 0 Å². The van der Waals surface area contributed by atoms with Gasteiger partial charge in [0.1, 0.15) is 12.2 Å². The number of thiophene rings is 1. The van der Waals surface area contributed by atoms with Gasteiger partial charge in [0.05, 0.1) is 0 Å². The third-order valence-corrected chi connectivity index (χ3v) is 6.12. The highest BCUT2D eigenvalue weighted by Gasteiger charge is 2.37. The molecule has 6 rings (SSSR count). The quantitative estimate of drug-likeness (QED) is 0.402. The number of aromatic nitrogens is 3. The summed E-state index contributed by atoms with van der Waals surface area (Å²) in [5.41, 5.74) is 4.86. The molecule has 0 amide bonds. The molecule has 1 aliphatic heterocycles. The zero-order valence-corrected chi connectivity index (χ0v) is 14.2. The van der Waals surface area contributed by atoms with Crippen LogP contribution in [0.3, 0.4) is 0 Å². The van der Waals surface area contributed by atoms with Crippen LogP contribution >= 0.6 is 11.3 Å². The van der Waals surface area contributed by atoms with Gasteiger partial charge in [-0.25, -0.2) is 9.55 Å². The fraction of sp³-hybridized carbons (Fsp3) is 0.0476. The number of para-hydroxylation sites is 1. The molecular weight excluding hydrogens is 326 g/mol. The first-order valence-corrected chi connectivity index (χ1v) is 9.19. The molecule has 0 bridgehead atoms. The summed E-state index contributed by atoms with van der Waals surface area (Å²) in [6.45, 7) is 0.891. The number of benzene rings is 2. The van der Waals surface area contributed by atoms with Gasteiger partial charge in [0.2, 0.25) is 4.83 Å². The molecule has 5 aromatic rings. The molecule has 0 atom stereocenters. The largest absolute Gasteiger partial charge is 0.315 e. The Morgan fingerprint density at radius 1 is 0.920 bits per heavy atom. The average molecular weight is 340 g/mol. The van der Waals surface area contributed by atoms with E-state index in [-0.39, 0.29) is 0 Å². The maximum Gasteiger partial charge on any atom is 0.315 e. The lowest BCUT2D eigenvalue weighted by Gasteiger charge is -2.01. The van der Waals surface area contributed by atoms with Crippen LogP contribution in [0.1, 0.15) is 5.56 Å². The minimum absolute atomic E-state index is 0.891. The maximum absolute atomic E-state index is 4.70. The normalized spacial score (nSPS) is 12.6. The third kappa shape index (κ3) is 1.69. The zero-order chi connectivity index (χ0) is 16.4. The standard InChI is InChI=1S/C21H14N3S/c1-2-8-15(9-3-1)24-19-16-10-4-5-11-17(16)25-21(19)23-13-14-7-6-12-22-18(14)20(23)24/h1-12H,13H2/q+1. The molecule has 0 N–H and O–H groups in total. The molecule has 2 aromatic carbocycles. The van der Waals surface area contributed by atoms with Gasteiger partial charge in [-0.15, -0.1) is 0 Å². The Hall–Kier alpha value is -2.98. The van der Waals surface area contributed by atoms with E-state index in [1.54, 1.807) is 0 Å². The van der Waals surface area contributed by atoms with Crippen molar-refractivity contribution in [3.8, 4) is 17.2 Å². The summed E-state index contributed by atoms with van der Waals surface area (Å²) in [6, 6.07) is 23.5. The third-order valence-electron chi connectivity index (χ3n) is 4.93. The van der Waals surface area contributed by atoms with Gasteiger partial charge in [0, 0.05) is 21.8 Å². The number of nitrogens with zero attached hydrogens (tertiary/aromatic N) is 3. The SMILES string of the molecule is c1ccc(-n2c3[n+](c4sc5ccccc5c42)Cc2cccnc2-3)cc1. The average Bonchev–Trinajstić information content (AvgIpc) is 3.30. The number of hydrogen-bond donors (Lipinski definition) is 0. The molecule has 25 heavy (non-hydrogen) atoms. The van der Waals surface area contributed by atoms with E-state index in [0.29, 0.717) is 0 Å². The molecule has 0 spiro atoms. The van der Waals surface area contributed by atoms with Gasteiger partial charge in [-0.3, -0.25) is 0 Å². The Morgan fingerprint density at radius 2 is 1.76 bits per heavy atom. The summed E-state index contributed by atoms with van der Waals surface area (Å²) in [7, 11) is 0. The molecule has 4 heteroatoms. The highest BCUT2D eigenvalue weighted by molar-refractivity contribution is 7.25. The Labute approximate surface area is 148 Å². The van der Waals surface area contributed by atoms with E-state index in [1.807, 2.05) is 23.6 Å². The number of hydrogen-bond acceptors (Lipinski definition) is 2. The number of pyridine rings is 1. The van der Waals surface area contributed by atoms with Gasteiger partial charge in [-0.05, 0) is 30.3 Å². The van der Waals surface area contributed by atoms with Crippen molar-refractivity contribution in [2.75, 3.05) is 0 Å². The molecule has 4 heterocycles. The van der Waals surface area contributed by atoms with Crippen LogP contribution in [0.2, 0.25) is 0 Å². The Balaban J connectivity index is 1.84. The predicted molar refractivity (Wildman–Crippen MR) is 101 cm³/mol. The molecule has 1 aliphatic rings. The second kappa shape index (κ2) is 4.77. The van der Waals surface area contributed by atoms with Crippen molar-refractivity contribution in [2.45, 2.75) is 6.54 Å². The zero-order valence-electron chi connectivity index (χ0n) is 13.4. The summed E-state index contributed by atoms with van der Waals surface area (Å²) in [4.78, 5) is 6.02. The number of imidazole rings is 1. The topological polar surface area (TPSA) is 21.7 Å². The first-order valence-electron chi connectivity index (χ1n) is 8.37. The van der Waals surface area contributed by atoms with E-state index >= 15 is 0 Å². The number of rotatable bonds is 1. The van der Waals surface area contributed by atoms with Crippen molar-refractivity contribution in [1.29, 1.82) is 0 Å².